The molecule has 2 nitrogen and oxygen atoms in total. The fraction of sp³-hybridized carbons (Fsp3) is 0.917. The van der Waals surface area contributed by atoms with Crippen LogP contribution < -0.4 is 0 Å². The lowest BCUT2D eigenvalue weighted by atomic mass is 9.90. The van der Waals surface area contributed by atoms with Gasteiger partial charge in [0, 0.05) is 24.1 Å². The molecule has 1 atom stereocenters. The summed E-state index contributed by atoms with van der Waals surface area (Å²) in [6.07, 6.45) is 2.17. The largest absolute Gasteiger partial charge is 0.301 e. The highest BCUT2D eigenvalue weighted by Crippen LogP contribution is 2.22. The lowest BCUT2D eigenvalue weighted by molar-refractivity contribution is 0.266. The molecular formula is C12H22N2S. The third-order valence-corrected chi connectivity index (χ3v) is 4.04. The molecule has 1 saturated heterocycles. The average Bonchev–Trinajstić information content (AvgIpc) is 2.18. The number of rotatable bonds is 4. The SMILES string of the molecule is CC1CN(CCCC(C)(C)C#N)CCS1. The van der Waals surface area contributed by atoms with Crippen LogP contribution in [0.1, 0.15) is 33.6 Å². The molecular weight excluding hydrogens is 204 g/mol. The summed E-state index contributed by atoms with van der Waals surface area (Å²) in [6.45, 7) is 9.97. The van der Waals surface area contributed by atoms with E-state index in [2.05, 4.69) is 29.7 Å². The number of nitrogens with zero attached hydrogens (tertiary/aromatic N) is 2. The van der Waals surface area contributed by atoms with Crippen LogP contribution in [-0.2, 0) is 0 Å². The number of hydrogen-bond donors (Lipinski definition) is 0. The van der Waals surface area contributed by atoms with Crippen LogP contribution in [0.5, 0.6) is 0 Å². The molecule has 0 spiro atoms. The van der Waals surface area contributed by atoms with Crippen molar-refractivity contribution in [3.05, 3.63) is 0 Å². The zero-order chi connectivity index (χ0) is 11.3. The summed E-state index contributed by atoms with van der Waals surface area (Å²) in [4.78, 5) is 2.54. The summed E-state index contributed by atoms with van der Waals surface area (Å²) >= 11 is 2.07. The minimum atomic E-state index is -0.143. The Morgan fingerprint density at radius 2 is 2.27 bits per heavy atom. The zero-order valence-electron chi connectivity index (χ0n) is 10.1. The maximum Gasteiger partial charge on any atom is 0.0683 e. The van der Waals surface area contributed by atoms with Crippen LogP contribution in [0.25, 0.3) is 0 Å². The normalized spacial score (nSPS) is 23.7. The zero-order valence-corrected chi connectivity index (χ0v) is 10.9. The number of nitriles is 1. The summed E-state index contributed by atoms with van der Waals surface area (Å²) in [5.74, 6) is 1.27. The van der Waals surface area contributed by atoms with Crippen molar-refractivity contribution in [3.63, 3.8) is 0 Å². The Bertz CT molecular complexity index is 232. The van der Waals surface area contributed by atoms with Crippen molar-refractivity contribution in [2.24, 2.45) is 5.41 Å². The van der Waals surface area contributed by atoms with E-state index in [0.29, 0.717) is 0 Å². The highest BCUT2D eigenvalue weighted by atomic mass is 32.2. The highest BCUT2D eigenvalue weighted by molar-refractivity contribution is 7.99. The third-order valence-electron chi connectivity index (χ3n) is 2.90. The topological polar surface area (TPSA) is 27.0 Å². The van der Waals surface area contributed by atoms with Crippen molar-refractivity contribution in [2.75, 3.05) is 25.4 Å². The van der Waals surface area contributed by atoms with Crippen molar-refractivity contribution in [2.45, 2.75) is 38.9 Å². The van der Waals surface area contributed by atoms with E-state index in [9.17, 15) is 0 Å². The van der Waals surface area contributed by atoms with Gasteiger partial charge in [-0.05, 0) is 33.2 Å². The Labute approximate surface area is 98.0 Å². The molecule has 0 aromatic heterocycles. The fourth-order valence-corrected chi connectivity index (χ4v) is 2.98. The Balaban J connectivity index is 2.18. The van der Waals surface area contributed by atoms with Gasteiger partial charge in [0.15, 0.2) is 0 Å². The minimum Gasteiger partial charge on any atom is -0.301 e. The molecule has 1 unspecified atom stereocenters. The van der Waals surface area contributed by atoms with Gasteiger partial charge in [0.25, 0.3) is 0 Å². The maximum atomic E-state index is 8.91. The van der Waals surface area contributed by atoms with Crippen LogP contribution in [0.15, 0.2) is 0 Å². The molecule has 1 aliphatic rings. The molecule has 1 rings (SSSR count). The molecule has 0 aromatic carbocycles. The first kappa shape index (κ1) is 12.9. The molecule has 3 heteroatoms. The monoisotopic (exact) mass is 226 g/mol. The Morgan fingerprint density at radius 1 is 1.53 bits per heavy atom. The highest BCUT2D eigenvalue weighted by Gasteiger charge is 2.19. The third kappa shape index (κ3) is 4.90. The van der Waals surface area contributed by atoms with E-state index in [1.807, 2.05) is 13.8 Å². The van der Waals surface area contributed by atoms with Crippen molar-refractivity contribution in [3.8, 4) is 6.07 Å². The summed E-state index contributed by atoms with van der Waals surface area (Å²) in [6, 6.07) is 2.37. The van der Waals surface area contributed by atoms with Crippen molar-refractivity contribution in [1.82, 2.24) is 4.90 Å². The first-order valence-electron chi connectivity index (χ1n) is 5.79. The van der Waals surface area contributed by atoms with Crippen LogP contribution in [0.4, 0.5) is 0 Å². The Hall–Kier alpha value is -0.200. The molecule has 15 heavy (non-hydrogen) atoms. The van der Waals surface area contributed by atoms with Crippen LogP contribution >= 0.6 is 11.8 Å². The predicted molar refractivity (Wildman–Crippen MR) is 67.0 cm³/mol. The van der Waals surface area contributed by atoms with Gasteiger partial charge in [0.1, 0.15) is 0 Å². The molecule has 0 aromatic rings. The van der Waals surface area contributed by atoms with E-state index in [1.165, 1.54) is 18.8 Å². The van der Waals surface area contributed by atoms with E-state index < -0.39 is 0 Å². The van der Waals surface area contributed by atoms with Gasteiger partial charge in [-0.3, -0.25) is 0 Å². The standard InChI is InChI=1S/C12H22N2S/c1-11-9-14(7-8-15-11)6-4-5-12(2,3)10-13/h11H,4-9H2,1-3H3. The summed E-state index contributed by atoms with van der Waals surface area (Å²) in [5.41, 5.74) is -0.143. The quantitative estimate of drug-likeness (QED) is 0.737. The van der Waals surface area contributed by atoms with Crippen LogP contribution in [0.3, 0.4) is 0 Å². The first-order valence-corrected chi connectivity index (χ1v) is 6.83. The molecule has 0 saturated carbocycles. The van der Waals surface area contributed by atoms with Gasteiger partial charge < -0.3 is 4.90 Å². The lowest BCUT2D eigenvalue weighted by Gasteiger charge is -2.31. The fourth-order valence-electron chi connectivity index (χ4n) is 1.89. The first-order chi connectivity index (χ1) is 7.03. The van der Waals surface area contributed by atoms with Gasteiger partial charge in [0.05, 0.1) is 11.5 Å². The van der Waals surface area contributed by atoms with Crippen LogP contribution in [0, 0.1) is 16.7 Å². The van der Waals surface area contributed by atoms with Gasteiger partial charge in [0.2, 0.25) is 0 Å². The van der Waals surface area contributed by atoms with E-state index in [0.717, 1.165) is 24.6 Å². The van der Waals surface area contributed by atoms with E-state index in [4.69, 9.17) is 5.26 Å². The Kier molecular flexibility index (Phi) is 4.95. The van der Waals surface area contributed by atoms with Gasteiger partial charge in [-0.15, -0.1) is 0 Å². The smallest absolute Gasteiger partial charge is 0.0683 e. The Morgan fingerprint density at radius 3 is 2.87 bits per heavy atom. The van der Waals surface area contributed by atoms with Gasteiger partial charge >= 0.3 is 0 Å². The van der Waals surface area contributed by atoms with Crippen LogP contribution in [0.2, 0.25) is 0 Å². The average molecular weight is 226 g/mol. The van der Waals surface area contributed by atoms with Crippen LogP contribution in [-0.4, -0.2) is 35.5 Å². The van der Waals surface area contributed by atoms with Gasteiger partial charge in [-0.2, -0.15) is 17.0 Å². The molecule has 1 fully saturated rings. The van der Waals surface area contributed by atoms with Crippen molar-refractivity contribution in [1.29, 1.82) is 5.26 Å². The van der Waals surface area contributed by atoms with Crippen molar-refractivity contribution < 1.29 is 0 Å². The maximum absolute atomic E-state index is 8.91. The van der Waals surface area contributed by atoms with Crippen molar-refractivity contribution >= 4 is 11.8 Å². The molecule has 1 aliphatic heterocycles. The van der Waals surface area contributed by atoms with Gasteiger partial charge in [-0.1, -0.05) is 6.92 Å². The minimum absolute atomic E-state index is 0.143. The second-order valence-electron chi connectivity index (χ2n) is 5.08. The molecule has 0 bridgehead atoms. The second kappa shape index (κ2) is 5.77. The second-order valence-corrected chi connectivity index (χ2v) is 6.63. The number of thioether (sulfide) groups is 1. The van der Waals surface area contributed by atoms with Gasteiger partial charge in [-0.25, -0.2) is 0 Å². The van der Waals surface area contributed by atoms with E-state index in [-0.39, 0.29) is 5.41 Å². The lowest BCUT2D eigenvalue weighted by Crippen LogP contribution is -2.37. The molecule has 0 aliphatic carbocycles. The summed E-state index contributed by atoms with van der Waals surface area (Å²) in [5, 5.41) is 9.69. The summed E-state index contributed by atoms with van der Waals surface area (Å²) in [7, 11) is 0. The van der Waals surface area contributed by atoms with E-state index in [1.54, 1.807) is 0 Å². The summed E-state index contributed by atoms with van der Waals surface area (Å²) < 4.78 is 0. The molecule has 1 heterocycles. The molecule has 0 N–H and O–H groups in total. The molecule has 0 amide bonds. The predicted octanol–water partition coefficient (Wildman–Crippen LogP) is 2.75. The molecule has 86 valence electrons. The number of hydrogen-bond acceptors (Lipinski definition) is 3. The molecule has 0 radical (unpaired) electrons. The van der Waals surface area contributed by atoms with E-state index >= 15 is 0 Å².